The molecule has 0 aliphatic heterocycles. The molecule has 12 rings (SSSR count). The first-order valence-corrected chi connectivity index (χ1v) is 20.2. The Morgan fingerprint density at radius 2 is 1.19 bits per heavy atom. The lowest BCUT2D eigenvalue weighted by molar-refractivity contribution is 0.670. The molecule has 0 fully saturated rings. The molecule has 2 aliphatic carbocycles. The van der Waals surface area contributed by atoms with Crippen molar-refractivity contribution in [2.75, 3.05) is 4.90 Å². The van der Waals surface area contributed by atoms with Gasteiger partial charge >= 0.3 is 0 Å². The minimum atomic E-state index is 0.381. The van der Waals surface area contributed by atoms with Gasteiger partial charge in [0.1, 0.15) is 11.2 Å². The van der Waals surface area contributed by atoms with Crippen molar-refractivity contribution in [3.63, 3.8) is 0 Å². The summed E-state index contributed by atoms with van der Waals surface area (Å²) in [5.41, 5.74) is 11.1. The second-order valence-corrected chi connectivity index (χ2v) is 15.6. The molecule has 0 amide bonds. The van der Waals surface area contributed by atoms with E-state index >= 15 is 0 Å². The molecule has 2 nitrogen and oxygen atoms in total. The Bertz CT molecular complexity index is 3490. The standard InChI is InChI=1S/C56H37NO/c1-2-13-40-35-55-53(34-39(40)12-1)52-18-9-17-51(56(52)58-55)50-16-7-8-19-54(50)57(45-29-31-49-43(33-45)23-21-38-11-4-6-15-47(38)49)44-27-24-36(25-28-44)41-26-30-48-42(32-41)22-20-37-10-3-5-14-46(37)48/h1-21,23-35,42H,22H2. The average Bonchev–Trinajstić information content (AvgIpc) is 3.66. The molecule has 0 radical (unpaired) electrons. The fourth-order valence-corrected chi connectivity index (χ4v) is 9.50. The topological polar surface area (TPSA) is 16.4 Å². The van der Waals surface area contributed by atoms with Crippen LogP contribution in [0.5, 0.6) is 0 Å². The highest BCUT2D eigenvalue weighted by atomic mass is 16.3. The summed E-state index contributed by atoms with van der Waals surface area (Å²) >= 11 is 0. The Morgan fingerprint density at radius 3 is 2.10 bits per heavy atom. The van der Waals surface area contributed by atoms with E-state index in [1.165, 1.54) is 59.5 Å². The van der Waals surface area contributed by atoms with Crippen LogP contribution in [0.15, 0.2) is 205 Å². The largest absolute Gasteiger partial charge is 0.455 e. The van der Waals surface area contributed by atoms with Crippen molar-refractivity contribution in [2.45, 2.75) is 6.42 Å². The quantitative estimate of drug-likeness (QED) is 0.163. The van der Waals surface area contributed by atoms with Crippen LogP contribution in [0.3, 0.4) is 0 Å². The van der Waals surface area contributed by atoms with E-state index in [1.54, 1.807) is 0 Å². The molecule has 2 aliphatic rings. The summed E-state index contributed by atoms with van der Waals surface area (Å²) < 4.78 is 6.80. The molecule has 0 bridgehead atoms. The Labute approximate surface area is 336 Å². The maximum absolute atomic E-state index is 6.80. The number of fused-ring (bicyclic) bond motifs is 9. The van der Waals surface area contributed by atoms with Crippen molar-refractivity contribution in [2.24, 2.45) is 5.92 Å². The fraction of sp³-hybridized carbons (Fsp3) is 0.0357. The highest BCUT2D eigenvalue weighted by Gasteiger charge is 2.22. The van der Waals surface area contributed by atoms with Crippen LogP contribution in [0, 0.1) is 5.92 Å². The molecule has 272 valence electrons. The van der Waals surface area contributed by atoms with Gasteiger partial charge < -0.3 is 9.32 Å². The van der Waals surface area contributed by atoms with Gasteiger partial charge in [0, 0.05) is 39.2 Å². The van der Waals surface area contributed by atoms with Crippen molar-refractivity contribution >= 4 is 88.5 Å². The molecule has 1 heterocycles. The van der Waals surface area contributed by atoms with Gasteiger partial charge in [0.15, 0.2) is 0 Å². The van der Waals surface area contributed by atoms with Crippen molar-refractivity contribution in [3.05, 3.63) is 216 Å². The molecule has 0 N–H and O–H groups in total. The van der Waals surface area contributed by atoms with Gasteiger partial charge in [-0.2, -0.15) is 0 Å². The minimum Gasteiger partial charge on any atom is -0.455 e. The van der Waals surface area contributed by atoms with Gasteiger partial charge in [0.25, 0.3) is 0 Å². The third kappa shape index (κ3) is 5.26. The molecule has 0 spiro atoms. The van der Waals surface area contributed by atoms with Crippen LogP contribution in [0.25, 0.3) is 82.6 Å². The molecule has 9 aromatic carbocycles. The van der Waals surface area contributed by atoms with Gasteiger partial charge in [0.05, 0.1) is 5.69 Å². The lowest BCUT2D eigenvalue weighted by Crippen LogP contribution is -2.32. The lowest BCUT2D eigenvalue weighted by atomic mass is 9.82. The van der Waals surface area contributed by atoms with Crippen LogP contribution in [-0.4, -0.2) is 0 Å². The normalized spacial score (nSPS) is 14.8. The van der Waals surface area contributed by atoms with Crippen LogP contribution < -0.4 is 15.3 Å². The summed E-state index contributed by atoms with van der Waals surface area (Å²) in [4.78, 5) is 2.41. The van der Waals surface area contributed by atoms with E-state index in [0.717, 1.165) is 56.5 Å². The van der Waals surface area contributed by atoms with Crippen molar-refractivity contribution in [3.8, 4) is 11.1 Å². The van der Waals surface area contributed by atoms with E-state index in [4.69, 9.17) is 4.42 Å². The Kier molecular flexibility index (Phi) is 7.39. The molecule has 1 atom stereocenters. The maximum Gasteiger partial charge on any atom is 0.143 e. The smallest absolute Gasteiger partial charge is 0.143 e. The van der Waals surface area contributed by atoms with Gasteiger partial charge in [-0.15, -0.1) is 0 Å². The number of furan rings is 1. The van der Waals surface area contributed by atoms with E-state index in [0.29, 0.717) is 5.92 Å². The number of allylic oxidation sites excluding steroid dienone is 4. The third-order valence-corrected chi connectivity index (χ3v) is 12.3. The summed E-state index contributed by atoms with van der Waals surface area (Å²) in [6, 6.07) is 66.2. The molecule has 0 saturated heterocycles. The number of nitrogens with zero attached hydrogens (tertiary/aromatic N) is 1. The minimum absolute atomic E-state index is 0.381. The zero-order valence-electron chi connectivity index (χ0n) is 31.8. The van der Waals surface area contributed by atoms with E-state index in [2.05, 4.69) is 211 Å². The predicted molar refractivity (Wildman–Crippen MR) is 245 cm³/mol. The Balaban J connectivity index is 1.01. The van der Waals surface area contributed by atoms with E-state index in [9.17, 15) is 0 Å². The first-order valence-electron chi connectivity index (χ1n) is 20.2. The highest BCUT2D eigenvalue weighted by molar-refractivity contribution is 6.14. The number of anilines is 3. The Morgan fingerprint density at radius 1 is 0.483 bits per heavy atom. The summed E-state index contributed by atoms with van der Waals surface area (Å²) in [7, 11) is 0. The summed E-state index contributed by atoms with van der Waals surface area (Å²) in [6.45, 7) is 0. The lowest BCUT2D eigenvalue weighted by Gasteiger charge is -2.28. The van der Waals surface area contributed by atoms with Crippen LogP contribution in [-0.2, 0) is 0 Å². The van der Waals surface area contributed by atoms with Gasteiger partial charge in [-0.3, -0.25) is 0 Å². The molecular formula is C56H37NO. The monoisotopic (exact) mass is 739 g/mol. The van der Waals surface area contributed by atoms with Crippen LogP contribution >= 0.6 is 0 Å². The highest BCUT2D eigenvalue weighted by Crippen LogP contribution is 2.46. The predicted octanol–water partition coefficient (Wildman–Crippen LogP) is 13.8. The maximum atomic E-state index is 6.80. The zero-order valence-corrected chi connectivity index (χ0v) is 31.8. The van der Waals surface area contributed by atoms with Gasteiger partial charge in [-0.1, -0.05) is 164 Å². The molecular weight excluding hydrogens is 703 g/mol. The second-order valence-electron chi connectivity index (χ2n) is 15.6. The van der Waals surface area contributed by atoms with Crippen LogP contribution in [0.1, 0.15) is 12.0 Å². The molecule has 0 saturated carbocycles. The number of hydrogen-bond donors (Lipinski definition) is 0. The van der Waals surface area contributed by atoms with Crippen molar-refractivity contribution in [1.82, 2.24) is 0 Å². The number of benzene rings is 9. The number of rotatable bonds is 5. The third-order valence-electron chi connectivity index (χ3n) is 12.3. The molecule has 1 unspecified atom stereocenters. The first-order chi connectivity index (χ1) is 28.7. The Hall–Kier alpha value is -7.42. The second kappa shape index (κ2) is 13.1. The average molecular weight is 740 g/mol. The number of hydrogen-bond acceptors (Lipinski definition) is 2. The summed E-state index contributed by atoms with van der Waals surface area (Å²) in [5, 5.41) is 12.3. The summed E-state index contributed by atoms with van der Waals surface area (Å²) in [5.74, 6) is 0.381. The van der Waals surface area contributed by atoms with Crippen LogP contribution in [0.2, 0.25) is 0 Å². The zero-order chi connectivity index (χ0) is 38.2. The molecule has 2 heteroatoms. The van der Waals surface area contributed by atoms with E-state index in [1.807, 2.05) is 0 Å². The molecule has 10 aromatic rings. The van der Waals surface area contributed by atoms with Gasteiger partial charge in [-0.05, 0) is 108 Å². The van der Waals surface area contributed by atoms with E-state index < -0.39 is 0 Å². The van der Waals surface area contributed by atoms with Gasteiger partial charge in [0.2, 0.25) is 0 Å². The van der Waals surface area contributed by atoms with E-state index in [-0.39, 0.29) is 0 Å². The fourth-order valence-electron chi connectivity index (χ4n) is 9.50. The van der Waals surface area contributed by atoms with Crippen molar-refractivity contribution < 1.29 is 4.42 Å². The first kappa shape index (κ1) is 32.8. The van der Waals surface area contributed by atoms with Crippen molar-refractivity contribution in [1.29, 1.82) is 0 Å². The van der Waals surface area contributed by atoms with Crippen LogP contribution in [0.4, 0.5) is 17.1 Å². The summed E-state index contributed by atoms with van der Waals surface area (Å²) in [6.07, 6.45) is 10.5. The molecule has 1 aromatic heterocycles. The van der Waals surface area contributed by atoms with Gasteiger partial charge in [-0.25, -0.2) is 0 Å². The SMILES string of the molecule is C1=CC2=c3ccccc3=CCC2C=C1c1ccc(N(c2ccc3c(ccc4ccccc43)c2)c2ccccc2-c2cccc3c2oc2cc4ccccc4cc23)cc1. The molecule has 58 heavy (non-hydrogen) atoms. The number of para-hydroxylation sites is 2.